The summed E-state index contributed by atoms with van der Waals surface area (Å²) in [6.07, 6.45) is 87.4. The molecule has 0 bridgehead atoms. The van der Waals surface area contributed by atoms with E-state index >= 15 is 0 Å². The fourth-order valence-corrected chi connectivity index (χ4v) is 12.4. The van der Waals surface area contributed by atoms with E-state index in [0.29, 0.717) is 25.9 Å². The van der Waals surface area contributed by atoms with Crippen LogP contribution in [0.3, 0.4) is 0 Å². The van der Waals surface area contributed by atoms with Crippen molar-refractivity contribution in [3.05, 3.63) is 0 Å². The minimum Gasteiger partial charge on any atom is -0.466 e. The number of carbonyl (C=O) groups excluding carboxylic acids is 2. The fraction of sp³-hybridized carbons (Fsp3) is 0.973. The second-order valence-electron chi connectivity index (χ2n) is 26.4. The molecule has 6 nitrogen and oxygen atoms in total. The summed E-state index contributed by atoms with van der Waals surface area (Å²) >= 11 is 0. The Bertz CT molecular complexity index is 1180. The zero-order chi connectivity index (χ0) is 58.5. The molecule has 3 N–H and O–H groups in total. The molecule has 0 aromatic rings. The van der Waals surface area contributed by atoms with Gasteiger partial charge in [-0.3, -0.25) is 9.59 Å². The van der Waals surface area contributed by atoms with Crippen LogP contribution in [0.15, 0.2) is 0 Å². The van der Waals surface area contributed by atoms with Gasteiger partial charge in [0.25, 0.3) is 0 Å². The number of carbonyl (C=O) groups is 2. The van der Waals surface area contributed by atoms with Gasteiger partial charge in [-0.1, -0.05) is 406 Å². The molecule has 0 spiro atoms. The summed E-state index contributed by atoms with van der Waals surface area (Å²) in [5.74, 6) is -0.00719. The molecule has 1 amide bonds. The number of hydrogen-bond donors (Lipinski definition) is 3. The number of hydrogen-bond acceptors (Lipinski definition) is 5. The molecule has 0 rings (SSSR count). The van der Waals surface area contributed by atoms with Crippen LogP contribution in [-0.4, -0.2) is 47.4 Å². The van der Waals surface area contributed by atoms with Gasteiger partial charge in [-0.2, -0.15) is 0 Å². The van der Waals surface area contributed by atoms with E-state index in [4.69, 9.17) is 4.74 Å². The lowest BCUT2D eigenvalue weighted by molar-refractivity contribution is -0.143. The Balaban J connectivity index is 3.35. The lowest BCUT2D eigenvalue weighted by atomic mass is 10.0. The third kappa shape index (κ3) is 67.9. The number of amides is 1. The molecule has 81 heavy (non-hydrogen) atoms. The highest BCUT2D eigenvalue weighted by atomic mass is 16.5. The summed E-state index contributed by atoms with van der Waals surface area (Å²) < 4.78 is 5.50. The number of esters is 1. The van der Waals surface area contributed by atoms with Gasteiger partial charge in [0.2, 0.25) is 5.91 Å². The number of nitrogens with one attached hydrogen (secondary N) is 1. The van der Waals surface area contributed by atoms with Crippen LogP contribution < -0.4 is 5.32 Å². The maximum absolute atomic E-state index is 12.6. The smallest absolute Gasteiger partial charge is 0.305 e. The van der Waals surface area contributed by atoms with Crippen LogP contribution in [0, 0.1) is 0 Å². The van der Waals surface area contributed by atoms with Crippen molar-refractivity contribution in [1.82, 2.24) is 5.32 Å². The van der Waals surface area contributed by atoms with E-state index in [9.17, 15) is 19.8 Å². The highest BCUT2D eigenvalue weighted by molar-refractivity contribution is 5.76. The van der Waals surface area contributed by atoms with Gasteiger partial charge in [-0.25, -0.2) is 0 Å². The molecule has 0 radical (unpaired) electrons. The van der Waals surface area contributed by atoms with E-state index in [1.54, 1.807) is 0 Å². The van der Waals surface area contributed by atoms with E-state index in [2.05, 4.69) is 19.2 Å². The Hall–Kier alpha value is -1.14. The largest absolute Gasteiger partial charge is 0.466 e. The van der Waals surface area contributed by atoms with Crippen molar-refractivity contribution in [3.8, 4) is 0 Å². The second kappa shape index (κ2) is 71.3. The number of unbranched alkanes of at least 4 members (excludes halogenated alkanes) is 61. The van der Waals surface area contributed by atoms with Crippen LogP contribution in [-0.2, 0) is 14.3 Å². The molecule has 2 atom stereocenters. The van der Waals surface area contributed by atoms with Crippen LogP contribution in [0.1, 0.15) is 444 Å². The first-order valence-electron chi connectivity index (χ1n) is 37.8. The standard InChI is InChI=1S/C75H149NO5/c1-3-5-7-9-11-13-15-17-19-20-21-22-23-24-27-30-33-36-40-43-47-51-55-59-63-67-73(78)72(71-77)76-74(79)68-64-60-56-52-48-44-41-37-34-31-28-25-26-29-32-35-38-42-46-50-54-58-62-66-70-81-75(80)69-65-61-57-53-49-45-39-18-16-14-12-10-8-6-4-2/h72-73,77-78H,3-71H2,1-2H3,(H,76,79). The summed E-state index contributed by atoms with van der Waals surface area (Å²) in [4.78, 5) is 24.7. The molecule has 6 heteroatoms. The molecule has 0 fully saturated rings. The SMILES string of the molecule is CCCCCCCCCCCCCCCCCCCCCCCCCCCC(O)C(CO)NC(=O)CCCCCCCCCCCCCCCCCCCCCCCCCCOC(=O)CCCCCCCCCCCCCCCCC. The zero-order valence-electron chi connectivity index (χ0n) is 55.6. The first kappa shape index (κ1) is 79.9. The van der Waals surface area contributed by atoms with Gasteiger partial charge in [0.05, 0.1) is 25.4 Å². The third-order valence-electron chi connectivity index (χ3n) is 18.2. The van der Waals surface area contributed by atoms with Crippen LogP contribution in [0.4, 0.5) is 0 Å². The quantitative estimate of drug-likeness (QED) is 0.0417. The fourth-order valence-electron chi connectivity index (χ4n) is 12.4. The summed E-state index contributed by atoms with van der Waals surface area (Å²) in [7, 11) is 0. The van der Waals surface area contributed by atoms with E-state index in [0.717, 1.165) is 38.5 Å². The van der Waals surface area contributed by atoms with Gasteiger partial charge in [0.1, 0.15) is 0 Å². The van der Waals surface area contributed by atoms with E-state index in [1.807, 2.05) is 0 Å². The Kier molecular flexibility index (Phi) is 70.3. The van der Waals surface area contributed by atoms with E-state index in [-0.39, 0.29) is 18.5 Å². The van der Waals surface area contributed by atoms with Crippen molar-refractivity contribution in [2.75, 3.05) is 13.2 Å². The molecule has 0 aliphatic carbocycles. The topological polar surface area (TPSA) is 95.9 Å². The maximum Gasteiger partial charge on any atom is 0.305 e. The Morgan fingerprint density at radius 3 is 0.753 bits per heavy atom. The molecule has 0 aliphatic rings. The number of ether oxygens (including phenoxy) is 1. The van der Waals surface area contributed by atoms with Crippen molar-refractivity contribution in [3.63, 3.8) is 0 Å². The summed E-state index contributed by atoms with van der Waals surface area (Å²) in [5.41, 5.74) is 0. The lowest BCUT2D eigenvalue weighted by Gasteiger charge is -2.22. The number of rotatable bonds is 72. The molecule has 0 aromatic heterocycles. The van der Waals surface area contributed by atoms with Crippen molar-refractivity contribution >= 4 is 11.9 Å². The highest BCUT2D eigenvalue weighted by Gasteiger charge is 2.20. The first-order valence-corrected chi connectivity index (χ1v) is 37.8. The zero-order valence-corrected chi connectivity index (χ0v) is 55.6. The molecule has 0 saturated heterocycles. The third-order valence-corrected chi connectivity index (χ3v) is 18.2. The average Bonchev–Trinajstić information content (AvgIpc) is 3.47. The van der Waals surface area contributed by atoms with E-state index in [1.165, 1.54) is 372 Å². The predicted molar refractivity (Wildman–Crippen MR) is 357 cm³/mol. The molecule has 484 valence electrons. The highest BCUT2D eigenvalue weighted by Crippen LogP contribution is 2.20. The van der Waals surface area contributed by atoms with Gasteiger partial charge < -0.3 is 20.3 Å². The van der Waals surface area contributed by atoms with Crippen LogP contribution in [0.2, 0.25) is 0 Å². The molecule has 0 aromatic carbocycles. The summed E-state index contributed by atoms with van der Waals surface area (Å²) in [6, 6.07) is -0.541. The van der Waals surface area contributed by atoms with Crippen LogP contribution in [0.5, 0.6) is 0 Å². The van der Waals surface area contributed by atoms with Gasteiger partial charge >= 0.3 is 5.97 Å². The maximum atomic E-state index is 12.6. The van der Waals surface area contributed by atoms with Gasteiger partial charge in [-0.05, 0) is 25.7 Å². The molecular weight excluding hydrogens is 995 g/mol. The Morgan fingerprint density at radius 2 is 0.506 bits per heavy atom. The van der Waals surface area contributed by atoms with E-state index < -0.39 is 12.1 Å². The molecule has 0 aliphatic heterocycles. The lowest BCUT2D eigenvalue weighted by Crippen LogP contribution is -2.45. The molecular formula is C75H149NO5. The molecule has 0 heterocycles. The second-order valence-corrected chi connectivity index (χ2v) is 26.4. The van der Waals surface area contributed by atoms with Crippen LogP contribution in [0.25, 0.3) is 0 Å². The normalized spacial score (nSPS) is 12.4. The van der Waals surface area contributed by atoms with Crippen molar-refractivity contribution in [1.29, 1.82) is 0 Å². The molecule has 0 saturated carbocycles. The van der Waals surface area contributed by atoms with Crippen LogP contribution >= 0.6 is 0 Å². The predicted octanol–water partition coefficient (Wildman–Crippen LogP) is 24.5. The molecule has 2 unspecified atom stereocenters. The summed E-state index contributed by atoms with van der Waals surface area (Å²) in [5, 5.41) is 23.5. The minimum absolute atomic E-state index is 0.0201. The minimum atomic E-state index is -0.664. The Morgan fingerprint density at radius 1 is 0.296 bits per heavy atom. The monoisotopic (exact) mass is 1140 g/mol. The first-order chi connectivity index (χ1) is 40.0. The Labute approximate surface area is 508 Å². The van der Waals surface area contributed by atoms with Crippen molar-refractivity contribution in [2.45, 2.75) is 456 Å². The number of aliphatic hydroxyl groups excluding tert-OH is 2. The number of aliphatic hydroxyl groups is 2. The average molecular weight is 1150 g/mol. The summed E-state index contributed by atoms with van der Waals surface area (Å²) in [6.45, 7) is 5.01. The van der Waals surface area contributed by atoms with Crippen molar-refractivity contribution < 1.29 is 24.5 Å². The van der Waals surface area contributed by atoms with Gasteiger partial charge in [-0.15, -0.1) is 0 Å². The van der Waals surface area contributed by atoms with Crippen molar-refractivity contribution in [2.24, 2.45) is 0 Å². The van der Waals surface area contributed by atoms with Gasteiger partial charge in [0.15, 0.2) is 0 Å². The van der Waals surface area contributed by atoms with Gasteiger partial charge in [0, 0.05) is 12.8 Å².